The largest absolute Gasteiger partial charge is 0.339 e. The molecule has 26 heavy (non-hydrogen) atoms. The van der Waals surface area contributed by atoms with E-state index in [1.54, 1.807) is 13.1 Å². The number of thioether (sulfide) groups is 1. The second-order valence-electron chi connectivity index (χ2n) is 6.72. The summed E-state index contributed by atoms with van der Waals surface area (Å²) in [7, 11) is 1.69. The molecule has 0 aliphatic carbocycles. The maximum atomic E-state index is 12.6. The van der Waals surface area contributed by atoms with Crippen LogP contribution in [0.5, 0.6) is 0 Å². The first kappa shape index (κ1) is 17.1. The van der Waals surface area contributed by atoms with Crippen molar-refractivity contribution >= 4 is 34.3 Å². The van der Waals surface area contributed by atoms with Crippen LogP contribution in [0.15, 0.2) is 34.2 Å². The van der Waals surface area contributed by atoms with E-state index in [0.29, 0.717) is 28.1 Å². The molecule has 1 aliphatic rings. The number of rotatable bonds is 3. The van der Waals surface area contributed by atoms with Crippen LogP contribution in [-0.4, -0.2) is 48.3 Å². The summed E-state index contributed by atoms with van der Waals surface area (Å²) in [5.74, 6) is 0.936. The van der Waals surface area contributed by atoms with Crippen LogP contribution in [-0.2, 0) is 11.8 Å². The van der Waals surface area contributed by atoms with Gasteiger partial charge in [0.2, 0.25) is 11.7 Å². The maximum Gasteiger partial charge on any atom is 0.262 e. The average Bonchev–Trinajstić information content (AvgIpc) is 3.09. The SMILES string of the molecule is C[C@H]1CCCCN1C(=O)CSc1nnc2n(C)c(=O)c3ccccc3n12. The second-order valence-corrected chi connectivity index (χ2v) is 7.66. The molecule has 4 rings (SSSR count). The summed E-state index contributed by atoms with van der Waals surface area (Å²) < 4.78 is 3.35. The van der Waals surface area contributed by atoms with Gasteiger partial charge in [-0.05, 0) is 38.3 Å². The Kier molecular flexibility index (Phi) is 4.44. The number of aryl methyl sites for hydroxylation is 1. The molecule has 1 aliphatic heterocycles. The number of amides is 1. The Morgan fingerprint density at radius 3 is 2.88 bits per heavy atom. The predicted octanol–water partition coefficient (Wildman–Crippen LogP) is 2.07. The highest BCUT2D eigenvalue weighted by Gasteiger charge is 2.24. The van der Waals surface area contributed by atoms with Crippen LogP contribution in [0.4, 0.5) is 0 Å². The minimum Gasteiger partial charge on any atom is -0.339 e. The van der Waals surface area contributed by atoms with Gasteiger partial charge >= 0.3 is 0 Å². The molecule has 1 amide bonds. The fourth-order valence-electron chi connectivity index (χ4n) is 3.58. The van der Waals surface area contributed by atoms with Crippen LogP contribution in [0, 0.1) is 0 Å². The van der Waals surface area contributed by atoms with E-state index in [2.05, 4.69) is 17.1 Å². The Morgan fingerprint density at radius 2 is 2.08 bits per heavy atom. The fourth-order valence-corrected chi connectivity index (χ4v) is 4.41. The first-order valence-corrected chi connectivity index (χ1v) is 9.81. The van der Waals surface area contributed by atoms with Crippen LogP contribution in [0.2, 0.25) is 0 Å². The number of benzene rings is 1. The molecule has 2 aromatic heterocycles. The summed E-state index contributed by atoms with van der Waals surface area (Å²) in [6.45, 7) is 2.94. The number of para-hydroxylation sites is 1. The standard InChI is InChI=1S/C18H21N5O2S/c1-12-7-5-6-10-22(12)15(24)11-26-18-20-19-17-21(2)16(25)13-8-3-4-9-14(13)23(17)18/h3-4,8-9,12H,5-7,10-11H2,1-2H3/t12-/m0/s1. The third-order valence-corrected chi connectivity index (χ3v) is 5.96. The normalized spacial score (nSPS) is 17.9. The van der Waals surface area contributed by atoms with Crippen molar-refractivity contribution in [1.29, 1.82) is 0 Å². The Hall–Kier alpha value is -2.35. The molecule has 1 saturated heterocycles. The van der Waals surface area contributed by atoms with Crippen LogP contribution in [0.25, 0.3) is 16.7 Å². The van der Waals surface area contributed by atoms with Gasteiger partial charge in [-0.25, -0.2) is 0 Å². The molecular formula is C18H21N5O2S. The molecule has 0 bridgehead atoms. The zero-order valence-corrected chi connectivity index (χ0v) is 15.7. The van der Waals surface area contributed by atoms with Gasteiger partial charge in [0.25, 0.3) is 5.56 Å². The van der Waals surface area contributed by atoms with E-state index < -0.39 is 0 Å². The maximum absolute atomic E-state index is 12.6. The lowest BCUT2D eigenvalue weighted by molar-refractivity contribution is -0.131. The van der Waals surface area contributed by atoms with E-state index in [0.717, 1.165) is 24.9 Å². The van der Waals surface area contributed by atoms with Gasteiger partial charge in [-0.2, -0.15) is 0 Å². The lowest BCUT2D eigenvalue weighted by Crippen LogP contribution is -2.42. The molecule has 7 nitrogen and oxygen atoms in total. The molecule has 0 spiro atoms. The molecule has 136 valence electrons. The first-order chi connectivity index (χ1) is 12.6. The van der Waals surface area contributed by atoms with E-state index in [1.165, 1.54) is 22.7 Å². The number of hydrogen-bond acceptors (Lipinski definition) is 5. The van der Waals surface area contributed by atoms with Crippen molar-refractivity contribution in [3.63, 3.8) is 0 Å². The molecular weight excluding hydrogens is 350 g/mol. The molecule has 1 fully saturated rings. The summed E-state index contributed by atoms with van der Waals surface area (Å²) in [5.41, 5.74) is 0.659. The number of carbonyl (C=O) groups excluding carboxylic acids is 1. The first-order valence-electron chi connectivity index (χ1n) is 8.83. The predicted molar refractivity (Wildman–Crippen MR) is 101 cm³/mol. The third kappa shape index (κ3) is 2.78. The Morgan fingerprint density at radius 1 is 1.27 bits per heavy atom. The number of likely N-dealkylation sites (tertiary alicyclic amines) is 1. The number of carbonyl (C=O) groups is 1. The fraction of sp³-hybridized carbons (Fsp3) is 0.444. The minimum absolute atomic E-state index is 0.102. The van der Waals surface area contributed by atoms with Gasteiger partial charge < -0.3 is 4.90 Å². The summed E-state index contributed by atoms with van der Waals surface area (Å²) in [6, 6.07) is 7.70. The van der Waals surface area contributed by atoms with Gasteiger partial charge in [-0.3, -0.25) is 18.6 Å². The van der Waals surface area contributed by atoms with Crippen molar-refractivity contribution in [1.82, 2.24) is 24.1 Å². The lowest BCUT2D eigenvalue weighted by Gasteiger charge is -2.33. The molecule has 1 aromatic carbocycles. The van der Waals surface area contributed by atoms with Crippen molar-refractivity contribution < 1.29 is 4.79 Å². The summed E-state index contributed by atoms with van der Waals surface area (Å²) in [6.07, 6.45) is 3.32. The average molecular weight is 371 g/mol. The van der Waals surface area contributed by atoms with E-state index in [9.17, 15) is 9.59 Å². The number of piperidine rings is 1. The highest BCUT2D eigenvalue weighted by atomic mass is 32.2. The van der Waals surface area contributed by atoms with Crippen molar-refractivity contribution in [2.24, 2.45) is 7.05 Å². The topological polar surface area (TPSA) is 72.5 Å². The van der Waals surface area contributed by atoms with E-state index in [1.807, 2.05) is 27.5 Å². The highest BCUT2D eigenvalue weighted by molar-refractivity contribution is 7.99. The van der Waals surface area contributed by atoms with Gasteiger partial charge in [-0.15, -0.1) is 10.2 Å². The monoisotopic (exact) mass is 371 g/mol. The third-order valence-electron chi connectivity index (χ3n) is 5.04. The number of hydrogen-bond donors (Lipinski definition) is 0. The Bertz CT molecular complexity index is 1040. The molecule has 0 saturated carbocycles. The van der Waals surface area contributed by atoms with E-state index >= 15 is 0 Å². The Labute approximate surface area is 155 Å². The molecule has 0 radical (unpaired) electrons. The molecule has 3 heterocycles. The molecule has 3 aromatic rings. The van der Waals surface area contributed by atoms with Crippen LogP contribution in [0.3, 0.4) is 0 Å². The number of nitrogens with zero attached hydrogens (tertiary/aromatic N) is 5. The van der Waals surface area contributed by atoms with Crippen LogP contribution < -0.4 is 5.56 Å². The van der Waals surface area contributed by atoms with Crippen molar-refractivity contribution in [2.75, 3.05) is 12.3 Å². The minimum atomic E-state index is -0.102. The molecule has 8 heteroatoms. The highest BCUT2D eigenvalue weighted by Crippen LogP contribution is 2.23. The second kappa shape index (κ2) is 6.75. The summed E-state index contributed by atoms with van der Waals surface area (Å²) in [5, 5.41) is 9.63. The Balaban J connectivity index is 1.67. The number of fused-ring (bicyclic) bond motifs is 3. The quantitative estimate of drug-likeness (QED) is 0.659. The molecule has 1 atom stereocenters. The zero-order valence-electron chi connectivity index (χ0n) is 14.9. The molecule has 0 N–H and O–H groups in total. The lowest BCUT2D eigenvalue weighted by atomic mass is 10.0. The number of aromatic nitrogens is 4. The summed E-state index contributed by atoms with van der Waals surface area (Å²) >= 11 is 1.37. The van der Waals surface area contributed by atoms with Gasteiger partial charge in [0.05, 0.1) is 16.7 Å². The van der Waals surface area contributed by atoms with Crippen molar-refractivity contribution in [3.8, 4) is 0 Å². The van der Waals surface area contributed by atoms with E-state index in [4.69, 9.17) is 0 Å². The van der Waals surface area contributed by atoms with Crippen LogP contribution >= 0.6 is 11.8 Å². The van der Waals surface area contributed by atoms with Gasteiger partial charge in [0.1, 0.15) is 0 Å². The molecule has 0 unspecified atom stereocenters. The zero-order chi connectivity index (χ0) is 18.3. The van der Waals surface area contributed by atoms with Gasteiger partial charge in [0.15, 0.2) is 5.16 Å². The summed E-state index contributed by atoms with van der Waals surface area (Å²) in [4.78, 5) is 27.1. The van der Waals surface area contributed by atoms with Crippen molar-refractivity contribution in [3.05, 3.63) is 34.6 Å². The van der Waals surface area contributed by atoms with E-state index in [-0.39, 0.29) is 11.5 Å². The van der Waals surface area contributed by atoms with Crippen LogP contribution in [0.1, 0.15) is 26.2 Å². The van der Waals surface area contributed by atoms with Crippen molar-refractivity contribution in [2.45, 2.75) is 37.4 Å². The van der Waals surface area contributed by atoms with Gasteiger partial charge in [0, 0.05) is 19.6 Å². The smallest absolute Gasteiger partial charge is 0.262 e. The van der Waals surface area contributed by atoms with Gasteiger partial charge in [-0.1, -0.05) is 23.9 Å².